The Hall–Kier alpha value is -2.76. The zero-order valence-electron chi connectivity index (χ0n) is 18.3. The van der Waals surface area contributed by atoms with Crippen LogP contribution in [-0.2, 0) is 4.79 Å². The SMILES string of the molecule is CC(=O)N1CCC(=NC(C)C)/C(=C(\N)c2cccc3cc(C4CC4)c(C(F)F)cc23)C1. The van der Waals surface area contributed by atoms with Crippen molar-refractivity contribution in [3.63, 3.8) is 0 Å². The summed E-state index contributed by atoms with van der Waals surface area (Å²) in [4.78, 5) is 18.5. The third-order valence-corrected chi connectivity index (χ3v) is 6.13. The molecular formula is C25H29F2N3O. The Balaban J connectivity index is 1.89. The van der Waals surface area contributed by atoms with Gasteiger partial charge in [-0.3, -0.25) is 9.79 Å². The fourth-order valence-electron chi connectivity index (χ4n) is 4.41. The first-order valence-corrected chi connectivity index (χ1v) is 10.9. The maximum Gasteiger partial charge on any atom is 0.264 e. The minimum Gasteiger partial charge on any atom is -0.398 e. The number of fused-ring (bicyclic) bond motifs is 1. The number of likely N-dealkylation sites (tertiary alicyclic amines) is 1. The number of carbonyl (C=O) groups excluding carboxylic acids is 1. The molecule has 0 radical (unpaired) electrons. The number of benzene rings is 2. The summed E-state index contributed by atoms with van der Waals surface area (Å²) in [5.41, 5.74) is 10.5. The average Bonchev–Trinajstić information content (AvgIpc) is 3.56. The lowest BCUT2D eigenvalue weighted by Gasteiger charge is -2.30. The van der Waals surface area contributed by atoms with E-state index < -0.39 is 6.43 Å². The molecule has 2 fully saturated rings. The monoisotopic (exact) mass is 425 g/mol. The maximum atomic E-state index is 13.9. The van der Waals surface area contributed by atoms with Crippen LogP contribution >= 0.6 is 0 Å². The van der Waals surface area contributed by atoms with Gasteiger partial charge in [0.25, 0.3) is 6.43 Å². The van der Waals surface area contributed by atoms with Gasteiger partial charge in [0.2, 0.25) is 5.91 Å². The van der Waals surface area contributed by atoms with Gasteiger partial charge in [-0.2, -0.15) is 0 Å². The van der Waals surface area contributed by atoms with Crippen LogP contribution in [0.15, 0.2) is 40.9 Å². The van der Waals surface area contributed by atoms with Crippen LogP contribution < -0.4 is 5.73 Å². The summed E-state index contributed by atoms with van der Waals surface area (Å²) >= 11 is 0. The van der Waals surface area contributed by atoms with Crippen LogP contribution in [0, 0.1) is 0 Å². The van der Waals surface area contributed by atoms with Gasteiger partial charge >= 0.3 is 0 Å². The lowest BCUT2D eigenvalue weighted by molar-refractivity contribution is -0.128. The molecule has 1 saturated carbocycles. The Labute approximate surface area is 181 Å². The van der Waals surface area contributed by atoms with E-state index in [2.05, 4.69) is 0 Å². The normalized spacial score (nSPS) is 20.2. The van der Waals surface area contributed by atoms with E-state index in [9.17, 15) is 13.6 Å². The largest absolute Gasteiger partial charge is 0.398 e. The summed E-state index contributed by atoms with van der Waals surface area (Å²) in [6.07, 6.45) is 0.0371. The van der Waals surface area contributed by atoms with E-state index in [-0.39, 0.29) is 23.4 Å². The van der Waals surface area contributed by atoms with Crippen molar-refractivity contribution < 1.29 is 13.6 Å². The molecule has 0 aromatic heterocycles. The minimum absolute atomic E-state index is 0.0131. The van der Waals surface area contributed by atoms with Crippen molar-refractivity contribution in [3.8, 4) is 0 Å². The topological polar surface area (TPSA) is 58.7 Å². The molecule has 1 saturated heterocycles. The zero-order chi connectivity index (χ0) is 22.3. The predicted octanol–water partition coefficient (Wildman–Crippen LogP) is 5.43. The third-order valence-electron chi connectivity index (χ3n) is 6.13. The molecule has 4 nitrogen and oxygen atoms in total. The Kier molecular flexibility index (Phi) is 5.82. The number of halogens is 2. The van der Waals surface area contributed by atoms with Crippen LogP contribution in [0.4, 0.5) is 8.78 Å². The number of rotatable bonds is 4. The van der Waals surface area contributed by atoms with E-state index in [0.29, 0.717) is 25.2 Å². The standard InChI is InChI=1S/C25H29F2N3O/c1-14(2)29-23-9-10-30(15(3)31)13-22(23)24(28)18-6-4-5-17-11-19(16-7-8-16)21(25(26)27)12-20(17)18/h4-6,11-12,14,16,25H,7-10,13,28H2,1-3H3/b24-22-,29-23?. The minimum atomic E-state index is -2.53. The van der Waals surface area contributed by atoms with Crippen LogP contribution in [0.1, 0.15) is 69.1 Å². The number of nitrogens with two attached hydrogens (primary N) is 1. The van der Waals surface area contributed by atoms with E-state index in [1.807, 2.05) is 38.1 Å². The summed E-state index contributed by atoms with van der Waals surface area (Å²) in [6.45, 7) is 6.54. The number of nitrogens with zero attached hydrogens (tertiary/aromatic N) is 2. The molecule has 0 bridgehead atoms. The van der Waals surface area contributed by atoms with E-state index in [1.165, 1.54) is 0 Å². The van der Waals surface area contributed by atoms with E-state index >= 15 is 0 Å². The molecule has 6 heteroatoms. The van der Waals surface area contributed by atoms with Gasteiger partial charge in [0.05, 0.1) is 0 Å². The number of hydrogen-bond acceptors (Lipinski definition) is 3. The van der Waals surface area contributed by atoms with E-state index in [1.54, 1.807) is 17.9 Å². The van der Waals surface area contributed by atoms with Crippen molar-refractivity contribution in [1.82, 2.24) is 4.90 Å². The van der Waals surface area contributed by atoms with E-state index in [0.717, 1.165) is 46.0 Å². The molecule has 0 spiro atoms. The van der Waals surface area contributed by atoms with E-state index in [4.69, 9.17) is 10.7 Å². The first-order chi connectivity index (χ1) is 14.8. The van der Waals surface area contributed by atoms with Gasteiger partial charge in [-0.15, -0.1) is 0 Å². The molecule has 2 aromatic carbocycles. The van der Waals surface area contributed by atoms with Gasteiger partial charge in [0.15, 0.2) is 0 Å². The molecule has 4 rings (SSSR count). The maximum absolute atomic E-state index is 13.9. The number of amides is 1. The third kappa shape index (κ3) is 4.34. The molecule has 1 heterocycles. The first kappa shape index (κ1) is 21.5. The van der Waals surface area contributed by atoms with Crippen molar-refractivity contribution >= 4 is 28.1 Å². The zero-order valence-corrected chi connectivity index (χ0v) is 18.3. The van der Waals surface area contributed by atoms with Gasteiger partial charge in [-0.05, 0) is 55.0 Å². The molecule has 2 aromatic rings. The number of alkyl halides is 2. The van der Waals surface area contributed by atoms with Gasteiger partial charge < -0.3 is 10.6 Å². The van der Waals surface area contributed by atoms with Gasteiger partial charge in [0.1, 0.15) is 0 Å². The Bertz CT molecular complexity index is 1080. The van der Waals surface area contributed by atoms with Crippen molar-refractivity contribution in [3.05, 3.63) is 52.6 Å². The number of carbonyl (C=O) groups is 1. The lowest BCUT2D eigenvalue weighted by Crippen LogP contribution is -2.40. The van der Waals surface area contributed by atoms with Crippen LogP contribution in [0.25, 0.3) is 16.5 Å². The van der Waals surface area contributed by atoms with Crippen LogP contribution in [0.2, 0.25) is 0 Å². The molecule has 164 valence electrons. The van der Waals surface area contributed by atoms with Crippen molar-refractivity contribution in [2.24, 2.45) is 10.7 Å². The fraction of sp³-hybridized carbons (Fsp3) is 0.440. The average molecular weight is 426 g/mol. The highest BCUT2D eigenvalue weighted by Crippen LogP contribution is 2.45. The van der Waals surface area contributed by atoms with Gasteiger partial charge in [-0.1, -0.05) is 24.3 Å². The van der Waals surface area contributed by atoms with Crippen molar-refractivity contribution in [2.45, 2.75) is 58.4 Å². The fourth-order valence-corrected chi connectivity index (χ4v) is 4.41. The predicted molar refractivity (Wildman–Crippen MR) is 121 cm³/mol. The Morgan fingerprint density at radius 2 is 1.97 bits per heavy atom. The quantitative estimate of drug-likeness (QED) is 0.710. The van der Waals surface area contributed by atoms with Crippen LogP contribution in [0.3, 0.4) is 0 Å². The highest BCUT2D eigenvalue weighted by Gasteiger charge is 2.30. The number of hydrogen-bond donors (Lipinski definition) is 1. The second-order valence-electron chi connectivity index (χ2n) is 8.84. The second-order valence-corrected chi connectivity index (χ2v) is 8.84. The van der Waals surface area contributed by atoms with Gasteiger partial charge in [0, 0.05) is 60.6 Å². The van der Waals surface area contributed by atoms with Crippen LogP contribution in [0.5, 0.6) is 0 Å². The molecule has 2 aliphatic rings. The molecule has 1 amide bonds. The molecule has 1 aliphatic heterocycles. The summed E-state index contributed by atoms with van der Waals surface area (Å²) in [5, 5.41) is 1.63. The smallest absolute Gasteiger partial charge is 0.264 e. The van der Waals surface area contributed by atoms with Gasteiger partial charge in [-0.25, -0.2) is 8.78 Å². The Morgan fingerprint density at radius 1 is 1.23 bits per heavy atom. The molecule has 0 atom stereocenters. The second kappa shape index (κ2) is 8.40. The summed E-state index contributed by atoms with van der Waals surface area (Å²) in [7, 11) is 0. The highest BCUT2D eigenvalue weighted by molar-refractivity contribution is 6.10. The molecular weight excluding hydrogens is 396 g/mol. The van der Waals surface area contributed by atoms with Crippen LogP contribution in [-0.4, -0.2) is 35.7 Å². The molecule has 2 N–H and O–H groups in total. The summed E-state index contributed by atoms with van der Waals surface area (Å²) < 4.78 is 27.7. The van der Waals surface area contributed by atoms with Crippen molar-refractivity contribution in [2.75, 3.05) is 13.1 Å². The van der Waals surface area contributed by atoms with Crippen molar-refractivity contribution in [1.29, 1.82) is 0 Å². The molecule has 0 unspecified atom stereocenters. The molecule has 31 heavy (non-hydrogen) atoms. The summed E-state index contributed by atoms with van der Waals surface area (Å²) in [5.74, 6) is 0.223. The summed E-state index contributed by atoms with van der Waals surface area (Å²) in [6, 6.07) is 9.35. The Morgan fingerprint density at radius 3 is 2.58 bits per heavy atom. The first-order valence-electron chi connectivity index (χ1n) is 10.9. The number of aliphatic imine (C=N–C) groups is 1. The molecule has 1 aliphatic carbocycles. The number of piperidine rings is 1. The lowest BCUT2D eigenvalue weighted by atomic mass is 9.91. The highest BCUT2D eigenvalue weighted by atomic mass is 19.3.